The minimum absolute atomic E-state index is 0.124. The fourth-order valence-corrected chi connectivity index (χ4v) is 3.94. The van der Waals surface area contributed by atoms with E-state index in [0.717, 1.165) is 37.6 Å². The molecule has 1 N–H and O–H groups in total. The van der Waals surface area contributed by atoms with Crippen molar-refractivity contribution in [3.63, 3.8) is 0 Å². The van der Waals surface area contributed by atoms with E-state index in [-0.39, 0.29) is 18.2 Å². The summed E-state index contributed by atoms with van der Waals surface area (Å²) in [5, 5.41) is 19.2. The highest BCUT2D eigenvalue weighted by Gasteiger charge is 2.22. The Morgan fingerprint density at radius 1 is 1.00 bits per heavy atom. The van der Waals surface area contributed by atoms with Gasteiger partial charge in [0.1, 0.15) is 11.3 Å². The molecule has 1 unspecified atom stereocenters. The number of hydrogen-bond acceptors (Lipinski definition) is 7. The van der Waals surface area contributed by atoms with Gasteiger partial charge in [0.2, 0.25) is 0 Å². The number of para-hydroxylation sites is 2. The van der Waals surface area contributed by atoms with Crippen LogP contribution < -0.4 is 15.2 Å². The smallest absolute Gasteiger partial charge is 0.277 e. The SMILES string of the molecule is CC(C)Oc1ccccc1N1CCN(CC(O)Cn2nnc3ccccc3c2=O)CC1. The van der Waals surface area contributed by atoms with Crippen LogP contribution in [0.15, 0.2) is 53.3 Å². The Morgan fingerprint density at radius 2 is 1.71 bits per heavy atom. The summed E-state index contributed by atoms with van der Waals surface area (Å²) in [5.41, 5.74) is 1.45. The van der Waals surface area contributed by atoms with Crippen molar-refractivity contribution in [2.24, 2.45) is 0 Å². The second kappa shape index (κ2) is 9.45. The first kappa shape index (κ1) is 21.3. The third kappa shape index (κ3) is 5.03. The largest absolute Gasteiger partial charge is 0.489 e. The first-order valence-electron chi connectivity index (χ1n) is 10.7. The number of anilines is 1. The maximum Gasteiger partial charge on any atom is 0.277 e. The molecule has 1 aromatic heterocycles. The van der Waals surface area contributed by atoms with Crippen molar-refractivity contribution in [1.29, 1.82) is 0 Å². The summed E-state index contributed by atoms with van der Waals surface area (Å²) in [4.78, 5) is 17.1. The van der Waals surface area contributed by atoms with Gasteiger partial charge in [-0.05, 0) is 38.1 Å². The van der Waals surface area contributed by atoms with E-state index < -0.39 is 6.10 Å². The number of β-amino-alcohol motifs (C(OH)–C–C–N with tert-alkyl or cyclic N) is 1. The van der Waals surface area contributed by atoms with Crippen molar-refractivity contribution in [1.82, 2.24) is 19.9 Å². The van der Waals surface area contributed by atoms with Gasteiger partial charge in [-0.2, -0.15) is 0 Å². The van der Waals surface area contributed by atoms with E-state index in [1.54, 1.807) is 18.2 Å². The maximum absolute atomic E-state index is 12.6. The fraction of sp³-hybridized carbons (Fsp3) is 0.435. The second-order valence-electron chi connectivity index (χ2n) is 8.17. The molecule has 0 spiro atoms. The Kier molecular flexibility index (Phi) is 6.48. The molecule has 1 aliphatic heterocycles. The zero-order chi connectivity index (χ0) is 21.8. The van der Waals surface area contributed by atoms with Gasteiger partial charge < -0.3 is 14.7 Å². The molecule has 31 heavy (non-hydrogen) atoms. The molecule has 1 aliphatic rings. The molecule has 2 heterocycles. The highest BCUT2D eigenvalue weighted by molar-refractivity contribution is 5.76. The first-order valence-corrected chi connectivity index (χ1v) is 10.7. The lowest BCUT2D eigenvalue weighted by molar-refractivity contribution is 0.0900. The molecule has 4 rings (SSSR count). The molecule has 8 nitrogen and oxygen atoms in total. The Bertz CT molecular complexity index is 1080. The lowest BCUT2D eigenvalue weighted by Crippen LogP contribution is -2.49. The Balaban J connectivity index is 1.34. The van der Waals surface area contributed by atoms with Crippen LogP contribution >= 0.6 is 0 Å². The highest BCUT2D eigenvalue weighted by Crippen LogP contribution is 2.29. The fourth-order valence-electron chi connectivity index (χ4n) is 3.94. The summed E-state index contributed by atoms with van der Waals surface area (Å²) < 4.78 is 7.21. The van der Waals surface area contributed by atoms with E-state index in [2.05, 4.69) is 26.2 Å². The lowest BCUT2D eigenvalue weighted by atomic mass is 10.2. The van der Waals surface area contributed by atoms with Crippen LogP contribution in [-0.2, 0) is 6.54 Å². The van der Waals surface area contributed by atoms with E-state index in [4.69, 9.17) is 4.74 Å². The van der Waals surface area contributed by atoms with Gasteiger partial charge in [-0.25, -0.2) is 4.68 Å². The molecule has 0 amide bonds. The summed E-state index contributed by atoms with van der Waals surface area (Å²) >= 11 is 0. The predicted molar refractivity (Wildman–Crippen MR) is 121 cm³/mol. The van der Waals surface area contributed by atoms with Gasteiger partial charge in [0.15, 0.2) is 0 Å². The van der Waals surface area contributed by atoms with Gasteiger partial charge in [0.25, 0.3) is 5.56 Å². The standard InChI is InChI=1S/C23H29N5O3/c1-17(2)31-22-10-6-5-9-21(22)27-13-11-26(12-14-27)15-18(29)16-28-23(30)19-7-3-4-8-20(19)24-25-28/h3-10,17-18,29H,11-16H2,1-2H3. The zero-order valence-corrected chi connectivity index (χ0v) is 18.0. The predicted octanol–water partition coefficient (Wildman–Crippen LogP) is 1.76. The van der Waals surface area contributed by atoms with Crippen LogP contribution in [0.2, 0.25) is 0 Å². The van der Waals surface area contributed by atoms with Crippen LogP contribution in [0.5, 0.6) is 5.75 Å². The molecular formula is C23H29N5O3. The first-order chi connectivity index (χ1) is 15.0. The maximum atomic E-state index is 12.6. The normalized spacial score (nSPS) is 16.1. The molecule has 0 bridgehead atoms. The van der Waals surface area contributed by atoms with Crippen LogP contribution in [0.1, 0.15) is 13.8 Å². The van der Waals surface area contributed by atoms with Crippen LogP contribution in [0.3, 0.4) is 0 Å². The molecule has 0 aliphatic carbocycles. The van der Waals surface area contributed by atoms with Crippen molar-refractivity contribution in [3.05, 3.63) is 58.9 Å². The van der Waals surface area contributed by atoms with Gasteiger partial charge in [0, 0.05) is 32.7 Å². The minimum Gasteiger partial charge on any atom is -0.489 e. The lowest BCUT2D eigenvalue weighted by Gasteiger charge is -2.37. The molecule has 8 heteroatoms. The van der Waals surface area contributed by atoms with Gasteiger partial charge >= 0.3 is 0 Å². The summed E-state index contributed by atoms with van der Waals surface area (Å²) in [5.74, 6) is 0.903. The Morgan fingerprint density at radius 3 is 2.48 bits per heavy atom. The number of ether oxygens (including phenoxy) is 1. The van der Waals surface area contributed by atoms with E-state index >= 15 is 0 Å². The number of rotatable bonds is 7. The number of aliphatic hydroxyl groups is 1. The zero-order valence-electron chi connectivity index (χ0n) is 18.0. The van der Waals surface area contributed by atoms with E-state index in [1.165, 1.54) is 4.68 Å². The second-order valence-corrected chi connectivity index (χ2v) is 8.17. The van der Waals surface area contributed by atoms with Gasteiger partial charge in [0.05, 0.1) is 29.8 Å². The van der Waals surface area contributed by atoms with Crippen molar-refractivity contribution < 1.29 is 9.84 Å². The van der Waals surface area contributed by atoms with Crippen molar-refractivity contribution in [2.75, 3.05) is 37.6 Å². The Labute approximate surface area is 181 Å². The van der Waals surface area contributed by atoms with Crippen LogP contribution in [-0.4, -0.2) is 69.9 Å². The average Bonchev–Trinajstić information content (AvgIpc) is 2.76. The summed E-state index contributed by atoms with van der Waals surface area (Å²) in [6, 6.07) is 15.2. The highest BCUT2D eigenvalue weighted by atomic mass is 16.5. The molecule has 1 fully saturated rings. The summed E-state index contributed by atoms with van der Waals surface area (Å²) in [6.45, 7) is 8.02. The molecule has 164 valence electrons. The number of aliphatic hydroxyl groups excluding tert-OH is 1. The molecular weight excluding hydrogens is 394 g/mol. The van der Waals surface area contributed by atoms with Crippen LogP contribution in [0.4, 0.5) is 5.69 Å². The van der Waals surface area contributed by atoms with Crippen molar-refractivity contribution in [2.45, 2.75) is 32.6 Å². The molecule has 3 aromatic rings. The molecule has 1 atom stereocenters. The number of hydrogen-bond donors (Lipinski definition) is 1. The van der Waals surface area contributed by atoms with E-state index in [9.17, 15) is 9.90 Å². The molecule has 2 aromatic carbocycles. The van der Waals surface area contributed by atoms with Gasteiger partial charge in [-0.1, -0.05) is 29.5 Å². The van der Waals surface area contributed by atoms with E-state index in [0.29, 0.717) is 17.4 Å². The van der Waals surface area contributed by atoms with Crippen LogP contribution in [0, 0.1) is 0 Å². The third-order valence-electron chi connectivity index (χ3n) is 5.42. The van der Waals surface area contributed by atoms with Gasteiger partial charge in [-0.15, -0.1) is 5.10 Å². The number of fused-ring (bicyclic) bond motifs is 1. The van der Waals surface area contributed by atoms with E-state index in [1.807, 2.05) is 38.1 Å². The number of nitrogens with zero attached hydrogens (tertiary/aromatic N) is 5. The van der Waals surface area contributed by atoms with Crippen molar-refractivity contribution in [3.8, 4) is 5.75 Å². The van der Waals surface area contributed by atoms with Crippen LogP contribution in [0.25, 0.3) is 10.9 Å². The molecule has 0 radical (unpaired) electrons. The minimum atomic E-state index is -0.698. The topological polar surface area (TPSA) is 83.7 Å². The number of aromatic nitrogens is 3. The molecule has 1 saturated heterocycles. The Hall–Kier alpha value is -2.97. The average molecular weight is 424 g/mol. The molecule has 0 saturated carbocycles. The van der Waals surface area contributed by atoms with Crippen molar-refractivity contribution >= 4 is 16.6 Å². The summed E-state index contributed by atoms with van der Waals surface area (Å²) in [6.07, 6.45) is -0.574. The number of benzene rings is 2. The summed E-state index contributed by atoms with van der Waals surface area (Å²) in [7, 11) is 0. The van der Waals surface area contributed by atoms with Gasteiger partial charge in [-0.3, -0.25) is 9.69 Å². The third-order valence-corrected chi connectivity index (χ3v) is 5.42. The quantitative estimate of drug-likeness (QED) is 0.620. The number of piperazine rings is 1. The monoisotopic (exact) mass is 423 g/mol.